The number of benzene rings is 20. The molecular weight excluding hydrogens is 1580 g/mol. The molecule has 6 nitrogen and oxygen atoms in total. The fourth-order valence-electron chi connectivity index (χ4n) is 21.3. The van der Waals surface area contributed by atoms with Crippen LogP contribution in [0.5, 0.6) is 0 Å². The maximum absolute atomic E-state index is 6.36. The molecule has 0 saturated heterocycles. The largest absolute Gasteiger partial charge is 0.456 e. The second-order valence-electron chi connectivity index (χ2n) is 35.8. The fourth-order valence-corrected chi connectivity index (χ4v) is 21.3. The average Bonchev–Trinajstić information content (AvgIpc) is 1.55. The molecule has 130 heavy (non-hydrogen) atoms. The SMILES string of the molecule is CC1(C)c2cc(-c3ccccc3)ccc2-c2ccc(N(c3ccc(-c4ccc(-c5ccc6c(c5)c5ccccc5n6-c5ccccc5)cc4)cc3)c3ccc4oc5ccccc5c4c3)cc21.CC1(C)c2cc(-c3ccccc3)ccc2-c2ccc(N(c3ccc4oc5ccccc5c4c3)c3ccc(-c4ccc5c(c4)c4ccccc4n5-c4ccccc4)c4ccccc34)cc21. The topological polar surface area (TPSA) is 42.6 Å². The molecule has 4 aromatic heterocycles. The second kappa shape index (κ2) is 30.1. The number of hydrogen-bond donors (Lipinski definition) is 0. The van der Waals surface area contributed by atoms with E-state index in [2.05, 4.69) is 477 Å². The van der Waals surface area contributed by atoms with Crippen molar-refractivity contribution in [1.82, 2.24) is 9.13 Å². The molecule has 0 atom stereocenters. The average molecular weight is 1660 g/mol. The highest BCUT2D eigenvalue weighted by Crippen LogP contribution is 2.56. The van der Waals surface area contributed by atoms with E-state index in [-0.39, 0.29) is 10.8 Å². The van der Waals surface area contributed by atoms with Gasteiger partial charge in [-0.05, 0) is 269 Å². The number of anilines is 6. The Morgan fingerprint density at radius 2 is 0.492 bits per heavy atom. The lowest BCUT2D eigenvalue weighted by Gasteiger charge is -2.29. The molecule has 0 bridgehead atoms. The van der Waals surface area contributed by atoms with E-state index in [0.29, 0.717) is 0 Å². The Labute approximate surface area is 753 Å². The Bertz CT molecular complexity index is 8650. The highest BCUT2D eigenvalue weighted by atomic mass is 16.3. The zero-order chi connectivity index (χ0) is 86.5. The first-order valence-electron chi connectivity index (χ1n) is 45.0. The number of furan rings is 2. The highest BCUT2D eigenvalue weighted by Gasteiger charge is 2.39. The van der Waals surface area contributed by atoms with Gasteiger partial charge in [0.05, 0.1) is 27.8 Å². The van der Waals surface area contributed by atoms with Crippen LogP contribution < -0.4 is 9.80 Å². The molecule has 0 radical (unpaired) electrons. The van der Waals surface area contributed by atoms with Gasteiger partial charge in [-0.1, -0.05) is 313 Å². The first-order chi connectivity index (χ1) is 63.9. The number of para-hydroxylation sites is 6. The quantitative estimate of drug-likeness (QED) is 0.115. The van der Waals surface area contributed by atoms with E-state index in [1.807, 2.05) is 18.2 Å². The third kappa shape index (κ3) is 12.4. The van der Waals surface area contributed by atoms with E-state index in [1.54, 1.807) is 0 Å². The zero-order valence-electron chi connectivity index (χ0n) is 72.3. The number of fused-ring (bicyclic) bond motifs is 19. The molecular formula is C124H86N4O2. The van der Waals surface area contributed by atoms with Crippen molar-refractivity contribution in [2.24, 2.45) is 0 Å². The van der Waals surface area contributed by atoms with Crippen molar-refractivity contribution in [3.05, 3.63) is 471 Å². The molecule has 20 aromatic carbocycles. The van der Waals surface area contributed by atoms with Gasteiger partial charge in [0.15, 0.2) is 0 Å². The summed E-state index contributed by atoms with van der Waals surface area (Å²) in [6, 6.07) is 164. The molecule has 26 rings (SSSR count). The maximum Gasteiger partial charge on any atom is 0.135 e. The van der Waals surface area contributed by atoms with Crippen LogP contribution in [-0.4, -0.2) is 9.13 Å². The van der Waals surface area contributed by atoms with Crippen molar-refractivity contribution >= 4 is 132 Å². The first kappa shape index (κ1) is 75.9. The number of nitrogens with zero attached hydrogens (tertiary/aromatic N) is 4. The maximum atomic E-state index is 6.36. The van der Waals surface area contributed by atoms with E-state index < -0.39 is 0 Å². The lowest BCUT2D eigenvalue weighted by atomic mass is 9.81. The van der Waals surface area contributed by atoms with E-state index in [0.717, 1.165) is 83.7 Å². The second-order valence-corrected chi connectivity index (χ2v) is 35.8. The molecule has 24 aromatic rings. The molecule has 0 aliphatic heterocycles. The van der Waals surface area contributed by atoms with Crippen LogP contribution in [0.4, 0.5) is 34.1 Å². The Morgan fingerprint density at radius 3 is 0.992 bits per heavy atom. The smallest absolute Gasteiger partial charge is 0.135 e. The van der Waals surface area contributed by atoms with Crippen molar-refractivity contribution in [3.8, 4) is 89.3 Å². The Morgan fingerprint density at radius 1 is 0.185 bits per heavy atom. The third-order valence-electron chi connectivity index (χ3n) is 27.8. The summed E-state index contributed by atoms with van der Waals surface area (Å²) in [4.78, 5) is 4.85. The summed E-state index contributed by atoms with van der Waals surface area (Å²) in [6.45, 7) is 9.49. The van der Waals surface area contributed by atoms with Gasteiger partial charge in [0.2, 0.25) is 0 Å². The number of hydrogen-bond acceptors (Lipinski definition) is 4. The molecule has 2 aliphatic carbocycles. The van der Waals surface area contributed by atoms with Crippen molar-refractivity contribution in [1.29, 1.82) is 0 Å². The van der Waals surface area contributed by atoms with Crippen LogP contribution in [0.25, 0.3) is 188 Å². The van der Waals surface area contributed by atoms with Crippen molar-refractivity contribution in [2.75, 3.05) is 9.80 Å². The van der Waals surface area contributed by atoms with Gasteiger partial charge in [0.1, 0.15) is 22.3 Å². The van der Waals surface area contributed by atoms with Gasteiger partial charge in [-0.3, -0.25) is 0 Å². The van der Waals surface area contributed by atoms with Crippen LogP contribution in [0.15, 0.2) is 458 Å². The minimum atomic E-state index is -0.212. The van der Waals surface area contributed by atoms with Gasteiger partial charge < -0.3 is 27.8 Å². The number of aromatic nitrogens is 2. The third-order valence-corrected chi connectivity index (χ3v) is 27.8. The zero-order valence-corrected chi connectivity index (χ0v) is 72.3. The normalized spacial score (nSPS) is 12.9. The molecule has 0 spiro atoms. The molecule has 0 unspecified atom stereocenters. The molecule has 2 aliphatic rings. The number of rotatable bonds is 13. The fraction of sp³-hybridized carbons (Fsp3) is 0.0484. The summed E-state index contributed by atoms with van der Waals surface area (Å²) in [5.41, 5.74) is 39.6. The molecule has 6 heteroatoms. The van der Waals surface area contributed by atoms with Crippen LogP contribution in [-0.2, 0) is 10.8 Å². The molecule has 0 fully saturated rings. The van der Waals surface area contributed by atoms with Crippen LogP contribution in [0.1, 0.15) is 49.9 Å². The molecule has 614 valence electrons. The summed E-state index contributed by atoms with van der Waals surface area (Å²) in [5, 5.41) is 11.8. The summed E-state index contributed by atoms with van der Waals surface area (Å²) in [6.07, 6.45) is 0. The van der Waals surface area contributed by atoms with Gasteiger partial charge in [-0.2, -0.15) is 0 Å². The molecule has 0 N–H and O–H groups in total. The minimum absolute atomic E-state index is 0.190. The lowest BCUT2D eigenvalue weighted by Crippen LogP contribution is -2.17. The highest BCUT2D eigenvalue weighted by molar-refractivity contribution is 6.15. The van der Waals surface area contributed by atoms with Crippen molar-refractivity contribution in [2.45, 2.75) is 38.5 Å². The van der Waals surface area contributed by atoms with Gasteiger partial charge in [0.25, 0.3) is 0 Å². The van der Waals surface area contributed by atoms with Gasteiger partial charge >= 0.3 is 0 Å². The van der Waals surface area contributed by atoms with E-state index in [4.69, 9.17) is 8.83 Å². The Balaban J connectivity index is 0.000000140. The minimum Gasteiger partial charge on any atom is -0.456 e. The molecule has 0 saturated carbocycles. The summed E-state index contributed by atoms with van der Waals surface area (Å²) < 4.78 is 17.4. The Kier molecular flexibility index (Phi) is 17.6. The monoisotopic (exact) mass is 1660 g/mol. The predicted octanol–water partition coefficient (Wildman–Crippen LogP) is 34.4. The lowest BCUT2D eigenvalue weighted by molar-refractivity contribution is 0.660. The first-order valence-corrected chi connectivity index (χ1v) is 45.0. The summed E-state index contributed by atoms with van der Waals surface area (Å²) in [5.74, 6) is 0. The van der Waals surface area contributed by atoms with Crippen LogP contribution >= 0.6 is 0 Å². The Hall–Kier alpha value is -16.5. The van der Waals surface area contributed by atoms with Crippen molar-refractivity contribution in [3.63, 3.8) is 0 Å². The van der Waals surface area contributed by atoms with Gasteiger partial charge in [-0.25, -0.2) is 0 Å². The predicted molar refractivity (Wildman–Crippen MR) is 545 cm³/mol. The van der Waals surface area contributed by atoms with E-state index >= 15 is 0 Å². The van der Waals surface area contributed by atoms with Gasteiger partial charge in [-0.15, -0.1) is 0 Å². The summed E-state index contributed by atoms with van der Waals surface area (Å²) >= 11 is 0. The van der Waals surface area contributed by atoms with Crippen LogP contribution in [0.2, 0.25) is 0 Å². The summed E-state index contributed by atoms with van der Waals surface area (Å²) in [7, 11) is 0. The molecule has 0 amide bonds. The standard InChI is InChI=1S/C63H44N2O.C61H42N2O/c1-63(2)57-38-46(41-13-5-3-6-14-41)27-33-51(57)52-34-31-50(40-58(52)63)64(49-32-36-62-56(39-49)54-18-10-12-20-61(54)66-62)48-29-25-43(26-30-48)42-21-23-44(24-22-42)45-28-35-60-55(37-45)53-17-9-11-19-59(53)65(60)47-15-7-4-8-16-47;1-61(2)54-36-40(39-15-5-3-6-16-39)25-29-47(54)48-30-27-44(38-55(48)61)62(43-28-34-60-53(37-43)51-22-12-14-24-59(51)64-60)57-33-31-45(46-19-9-10-20-49(46)57)41-26-32-58-52(35-41)50-21-11-13-23-56(50)63(58)42-17-7-4-8-18-42/h3-40H,1-2H3;3-38H,1-2H3. The van der Waals surface area contributed by atoms with E-state index in [1.165, 1.54) is 160 Å². The van der Waals surface area contributed by atoms with E-state index in [9.17, 15) is 0 Å². The van der Waals surface area contributed by atoms with Crippen LogP contribution in [0.3, 0.4) is 0 Å². The van der Waals surface area contributed by atoms with Crippen molar-refractivity contribution < 1.29 is 8.83 Å². The van der Waals surface area contributed by atoms with Gasteiger partial charge in [0, 0.05) is 99.1 Å². The molecule has 4 heterocycles. The van der Waals surface area contributed by atoms with Crippen LogP contribution in [0, 0.1) is 0 Å².